The van der Waals surface area contributed by atoms with Gasteiger partial charge in [0.1, 0.15) is 6.07 Å². The second-order valence-electron chi connectivity index (χ2n) is 3.38. The number of aromatic nitrogens is 1. The summed E-state index contributed by atoms with van der Waals surface area (Å²) in [4.78, 5) is 11.0. The molecule has 1 aromatic heterocycles. The number of hydrogen-bond donors (Lipinski definition) is 0. The third-order valence-corrected chi connectivity index (χ3v) is 2.57. The minimum Gasteiger partial charge on any atom is -0.469 e. The molecule has 0 aliphatic rings. The standard InChI is InChI=1S/C11H14N2O2/c1-8-9(2)13(7-10(8)6-12)5-4-11(14)15-3/h7H,4-5H2,1-3H3. The van der Waals surface area contributed by atoms with Gasteiger partial charge in [0.15, 0.2) is 0 Å². The van der Waals surface area contributed by atoms with Crippen molar-refractivity contribution in [3.8, 4) is 6.07 Å². The van der Waals surface area contributed by atoms with Crippen LogP contribution < -0.4 is 0 Å². The lowest BCUT2D eigenvalue weighted by molar-refractivity contribution is -0.140. The van der Waals surface area contributed by atoms with Gasteiger partial charge in [-0.05, 0) is 19.4 Å². The molecule has 0 saturated carbocycles. The third kappa shape index (κ3) is 2.38. The average Bonchev–Trinajstić information content (AvgIpc) is 2.52. The fraction of sp³-hybridized carbons (Fsp3) is 0.455. The summed E-state index contributed by atoms with van der Waals surface area (Å²) in [5, 5.41) is 8.82. The number of hydrogen-bond acceptors (Lipinski definition) is 3. The molecule has 0 unspecified atom stereocenters. The van der Waals surface area contributed by atoms with Crippen LogP contribution in [-0.4, -0.2) is 17.6 Å². The predicted molar refractivity (Wildman–Crippen MR) is 55.3 cm³/mol. The van der Waals surface area contributed by atoms with Gasteiger partial charge in [-0.15, -0.1) is 0 Å². The molecule has 0 aromatic carbocycles. The van der Waals surface area contributed by atoms with Gasteiger partial charge in [0.05, 0.1) is 19.1 Å². The Morgan fingerprint density at radius 1 is 1.60 bits per heavy atom. The van der Waals surface area contributed by atoms with Crippen molar-refractivity contribution in [1.29, 1.82) is 5.26 Å². The zero-order chi connectivity index (χ0) is 11.4. The summed E-state index contributed by atoms with van der Waals surface area (Å²) >= 11 is 0. The van der Waals surface area contributed by atoms with Crippen molar-refractivity contribution in [2.24, 2.45) is 0 Å². The molecule has 4 nitrogen and oxygen atoms in total. The van der Waals surface area contributed by atoms with E-state index >= 15 is 0 Å². The van der Waals surface area contributed by atoms with E-state index in [1.807, 2.05) is 18.4 Å². The largest absolute Gasteiger partial charge is 0.469 e. The van der Waals surface area contributed by atoms with Gasteiger partial charge in [-0.25, -0.2) is 0 Å². The first-order valence-corrected chi connectivity index (χ1v) is 4.73. The lowest BCUT2D eigenvalue weighted by Gasteiger charge is -2.04. The van der Waals surface area contributed by atoms with Gasteiger partial charge in [0.2, 0.25) is 0 Å². The van der Waals surface area contributed by atoms with E-state index in [2.05, 4.69) is 10.8 Å². The Labute approximate surface area is 89.1 Å². The van der Waals surface area contributed by atoms with Gasteiger partial charge >= 0.3 is 5.97 Å². The number of methoxy groups -OCH3 is 1. The monoisotopic (exact) mass is 206 g/mol. The highest BCUT2D eigenvalue weighted by Crippen LogP contribution is 2.15. The van der Waals surface area contributed by atoms with E-state index in [0.717, 1.165) is 11.3 Å². The quantitative estimate of drug-likeness (QED) is 0.705. The summed E-state index contributed by atoms with van der Waals surface area (Å²) in [6.07, 6.45) is 2.10. The fourth-order valence-corrected chi connectivity index (χ4v) is 1.42. The van der Waals surface area contributed by atoms with Gasteiger partial charge in [-0.3, -0.25) is 4.79 Å². The first-order valence-electron chi connectivity index (χ1n) is 4.73. The molecule has 0 amide bonds. The van der Waals surface area contributed by atoms with Crippen molar-refractivity contribution in [2.75, 3.05) is 7.11 Å². The topological polar surface area (TPSA) is 55.0 Å². The molecule has 0 aliphatic carbocycles. The zero-order valence-electron chi connectivity index (χ0n) is 9.20. The maximum atomic E-state index is 11.0. The number of ether oxygens (including phenoxy) is 1. The maximum absolute atomic E-state index is 11.0. The molecule has 0 radical (unpaired) electrons. The van der Waals surface area contributed by atoms with Gasteiger partial charge in [0, 0.05) is 18.4 Å². The van der Waals surface area contributed by atoms with Gasteiger partial charge in [0.25, 0.3) is 0 Å². The molecule has 0 N–H and O–H groups in total. The normalized spacial score (nSPS) is 9.73. The fourth-order valence-electron chi connectivity index (χ4n) is 1.42. The average molecular weight is 206 g/mol. The number of aryl methyl sites for hydroxylation is 1. The minimum atomic E-state index is -0.237. The summed E-state index contributed by atoms with van der Waals surface area (Å²) in [6, 6.07) is 2.12. The molecule has 0 fully saturated rings. The Morgan fingerprint density at radius 2 is 2.27 bits per heavy atom. The highest BCUT2D eigenvalue weighted by atomic mass is 16.5. The van der Waals surface area contributed by atoms with Crippen molar-refractivity contribution in [2.45, 2.75) is 26.8 Å². The van der Waals surface area contributed by atoms with Crippen LogP contribution in [0, 0.1) is 25.2 Å². The van der Waals surface area contributed by atoms with E-state index in [1.54, 1.807) is 6.20 Å². The molecule has 0 bridgehead atoms. The number of carbonyl (C=O) groups excluding carboxylic acids is 1. The van der Waals surface area contributed by atoms with E-state index < -0.39 is 0 Å². The van der Waals surface area contributed by atoms with E-state index in [0.29, 0.717) is 18.5 Å². The highest BCUT2D eigenvalue weighted by molar-refractivity contribution is 5.69. The van der Waals surface area contributed by atoms with E-state index in [9.17, 15) is 4.79 Å². The van der Waals surface area contributed by atoms with Gasteiger partial charge < -0.3 is 9.30 Å². The number of rotatable bonds is 3. The van der Waals surface area contributed by atoms with Crippen LogP contribution in [0.4, 0.5) is 0 Å². The number of nitrogens with zero attached hydrogens (tertiary/aromatic N) is 2. The first kappa shape index (κ1) is 11.3. The number of carbonyl (C=O) groups is 1. The van der Waals surface area contributed by atoms with Crippen LogP contribution in [0.15, 0.2) is 6.20 Å². The van der Waals surface area contributed by atoms with Crippen molar-refractivity contribution in [3.63, 3.8) is 0 Å². The summed E-state index contributed by atoms with van der Waals surface area (Å²) in [6.45, 7) is 4.40. The Kier molecular flexibility index (Phi) is 3.51. The molecule has 0 aliphatic heterocycles. The molecule has 1 rings (SSSR count). The minimum absolute atomic E-state index is 0.237. The van der Waals surface area contributed by atoms with Crippen LogP contribution in [0.1, 0.15) is 23.2 Å². The second kappa shape index (κ2) is 4.65. The summed E-state index contributed by atoms with van der Waals surface area (Å²) in [5.41, 5.74) is 2.66. The van der Waals surface area contributed by atoms with E-state index in [-0.39, 0.29) is 5.97 Å². The lowest BCUT2D eigenvalue weighted by atomic mass is 10.2. The Balaban J connectivity index is 2.79. The molecule has 1 aromatic rings. The molecule has 80 valence electrons. The maximum Gasteiger partial charge on any atom is 0.307 e. The summed E-state index contributed by atoms with van der Waals surface area (Å²) < 4.78 is 6.47. The van der Waals surface area contributed by atoms with Crippen LogP contribution in [0.2, 0.25) is 0 Å². The zero-order valence-corrected chi connectivity index (χ0v) is 9.20. The Hall–Kier alpha value is -1.76. The van der Waals surface area contributed by atoms with Gasteiger partial charge in [-0.2, -0.15) is 5.26 Å². The molecule has 4 heteroatoms. The molecule has 0 atom stereocenters. The third-order valence-electron chi connectivity index (χ3n) is 2.57. The van der Waals surface area contributed by atoms with Gasteiger partial charge in [-0.1, -0.05) is 0 Å². The summed E-state index contributed by atoms with van der Waals surface area (Å²) in [5.74, 6) is -0.237. The smallest absolute Gasteiger partial charge is 0.307 e. The lowest BCUT2D eigenvalue weighted by Crippen LogP contribution is -2.07. The highest BCUT2D eigenvalue weighted by Gasteiger charge is 2.09. The van der Waals surface area contributed by atoms with Crippen LogP contribution >= 0.6 is 0 Å². The number of esters is 1. The predicted octanol–water partition coefficient (Wildman–Crippen LogP) is 1.54. The molecule has 0 saturated heterocycles. The molecule has 15 heavy (non-hydrogen) atoms. The van der Waals surface area contributed by atoms with Crippen molar-refractivity contribution in [3.05, 3.63) is 23.0 Å². The van der Waals surface area contributed by atoms with Crippen molar-refractivity contribution in [1.82, 2.24) is 4.57 Å². The molecular formula is C11H14N2O2. The second-order valence-corrected chi connectivity index (χ2v) is 3.38. The Bertz CT molecular complexity index is 413. The summed E-state index contributed by atoms with van der Waals surface area (Å²) in [7, 11) is 1.37. The number of nitriles is 1. The van der Waals surface area contributed by atoms with Crippen LogP contribution in [0.5, 0.6) is 0 Å². The SMILES string of the molecule is COC(=O)CCn1cc(C#N)c(C)c1C. The van der Waals surface area contributed by atoms with Crippen LogP contribution in [0.3, 0.4) is 0 Å². The molecular weight excluding hydrogens is 192 g/mol. The van der Waals surface area contributed by atoms with E-state index in [1.165, 1.54) is 7.11 Å². The molecule has 0 spiro atoms. The van der Waals surface area contributed by atoms with Crippen molar-refractivity contribution < 1.29 is 9.53 Å². The van der Waals surface area contributed by atoms with Crippen molar-refractivity contribution >= 4 is 5.97 Å². The first-order chi connectivity index (χ1) is 7.10. The molecule has 1 heterocycles. The Morgan fingerprint density at radius 3 is 2.73 bits per heavy atom. The van der Waals surface area contributed by atoms with Crippen LogP contribution in [-0.2, 0) is 16.1 Å². The van der Waals surface area contributed by atoms with Crippen LogP contribution in [0.25, 0.3) is 0 Å². The van der Waals surface area contributed by atoms with E-state index in [4.69, 9.17) is 5.26 Å².